The Balaban J connectivity index is 2.13. The van der Waals surface area contributed by atoms with Crippen LogP contribution < -0.4 is 5.32 Å². The van der Waals surface area contributed by atoms with Crippen LogP contribution in [-0.2, 0) is 22.8 Å². The highest BCUT2D eigenvalue weighted by atomic mass is 19.4. The fourth-order valence-electron chi connectivity index (χ4n) is 3.07. The Labute approximate surface area is 102 Å². The minimum absolute atomic E-state index is 0.124. The van der Waals surface area contributed by atoms with Crippen molar-refractivity contribution in [1.29, 1.82) is 0 Å². The van der Waals surface area contributed by atoms with Crippen LogP contribution in [0.3, 0.4) is 0 Å². The second-order valence-corrected chi connectivity index (χ2v) is 4.96. The third kappa shape index (κ3) is 1.46. The number of hydrogen-bond donors (Lipinski definition) is 1. The summed E-state index contributed by atoms with van der Waals surface area (Å²) in [5, 5.41) is 2.73. The van der Waals surface area contributed by atoms with Crippen LogP contribution in [-0.4, -0.2) is 12.5 Å². The number of nitrogens with one attached hydrogen (secondary N) is 1. The predicted molar refractivity (Wildman–Crippen MR) is 59.1 cm³/mol. The monoisotopic (exact) mass is 255 g/mol. The molecule has 1 aromatic carbocycles. The molecule has 1 aliphatic carbocycles. The van der Waals surface area contributed by atoms with Crippen molar-refractivity contribution in [2.24, 2.45) is 0 Å². The van der Waals surface area contributed by atoms with Crippen LogP contribution >= 0.6 is 0 Å². The second kappa shape index (κ2) is 3.49. The van der Waals surface area contributed by atoms with Gasteiger partial charge < -0.3 is 5.32 Å². The smallest absolute Gasteiger partial charge is 0.355 e. The molecule has 2 nitrogen and oxygen atoms in total. The zero-order valence-corrected chi connectivity index (χ0v) is 9.60. The molecule has 1 atom stereocenters. The van der Waals surface area contributed by atoms with Crippen molar-refractivity contribution in [2.75, 3.05) is 6.54 Å². The molecule has 1 aliphatic heterocycles. The molecule has 1 N–H and O–H groups in total. The number of rotatable bonds is 0. The lowest BCUT2D eigenvalue weighted by atomic mass is 9.80. The number of carbonyl (C=O) groups excluding carboxylic acids is 1. The maximum Gasteiger partial charge on any atom is 0.416 e. The third-order valence-corrected chi connectivity index (χ3v) is 4.05. The van der Waals surface area contributed by atoms with E-state index in [0.717, 1.165) is 17.7 Å². The molecule has 1 fully saturated rings. The molecule has 0 aromatic heterocycles. The van der Waals surface area contributed by atoms with Crippen LogP contribution in [0.1, 0.15) is 29.5 Å². The number of hydrogen-bond acceptors (Lipinski definition) is 1. The Morgan fingerprint density at radius 2 is 2.00 bits per heavy atom. The third-order valence-electron chi connectivity index (χ3n) is 4.05. The molecule has 0 saturated carbocycles. The van der Waals surface area contributed by atoms with Gasteiger partial charge in [-0.3, -0.25) is 4.79 Å². The largest absolute Gasteiger partial charge is 0.416 e. The van der Waals surface area contributed by atoms with Crippen LogP contribution in [0.25, 0.3) is 0 Å². The van der Waals surface area contributed by atoms with E-state index < -0.39 is 17.2 Å². The van der Waals surface area contributed by atoms with Crippen LogP contribution in [0.5, 0.6) is 0 Å². The van der Waals surface area contributed by atoms with Gasteiger partial charge in [-0.05, 0) is 42.5 Å². The maximum absolute atomic E-state index is 12.7. The minimum atomic E-state index is -4.35. The summed E-state index contributed by atoms with van der Waals surface area (Å²) in [5.41, 5.74) is 0.0750. The van der Waals surface area contributed by atoms with Gasteiger partial charge in [0.2, 0.25) is 5.91 Å². The van der Waals surface area contributed by atoms with E-state index >= 15 is 0 Å². The summed E-state index contributed by atoms with van der Waals surface area (Å²) in [5.74, 6) is -0.124. The SMILES string of the molecule is O=C1NCCC12CCc1ccc(C(F)(F)F)cc12. The van der Waals surface area contributed by atoms with Crippen molar-refractivity contribution in [3.05, 3.63) is 34.9 Å². The fraction of sp³-hybridized carbons (Fsp3) is 0.462. The highest BCUT2D eigenvalue weighted by Crippen LogP contribution is 2.45. The van der Waals surface area contributed by atoms with E-state index in [2.05, 4.69) is 5.32 Å². The van der Waals surface area contributed by atoms with Crippen molar-refractivity contribution in [1.82, 2.24) is 5.32 Å². The molecule has 18 heavy (non-hydrogen) atoms. The Morgan fingerprint density at radius 1 is 1.22 bits per heavy atom. The number of benzene rings is 1. The van der Waals surface area contributed by atoms with Crippen LogP contribution in [0.15, 0.2) is 18.2 Å². The average Bonchev–Trinajstić information content (AvgIpc) is 2.85. The number of alkyl halides is 3. The summed E-state index contributed by atoms with van der Waals surface area (Å²) < 4.78 is 38.2. The summed E-state index contributed by atoms with van der Waals surface area (Å²) in [6, 6.07) is 3.77. The van der Waals surface area contributed by atoms with Gasteiger partial charge in [0.05, 0.1) is 11.0 Å². The Bertz CT molecular complexity index is 523. The Kier molecular flexibility index (Phi) is 2.24. The van der Waals surface area contributed by atoms with E-state index in [9.17, 15) is 18.0 Å². The van der Waals surface area contributed by atoms with E-state index in [0.29, 0.717) is 31.4 Å². The highest BCUT2D eigenvalue weighted by Gasteiger charge is 2.48. The lowest BCUT2D eigenvalue weighted by Gasteiger charge is -2.22. The van der Waals surface area contributed by atoms with Gasteiger partial charge in [0.1, 0.15) is 0 Å². The first-order valence-corrected chi connectivity index (χ1v) is 5.92. The van der Waals surface area contributed by atoms with Crippen molar-refractivity contribution < 1.29 is 18.0 Å². The molecule has 1 spiro atoms. The van der Waals surface area contributed by atoms with Gasteiger partial charge >= 0.3 is 6.18 Å². The molecule has 1 unspecified atom stereocenters. The molecule has 1 heterocycles. The molecule has 96 valence electrons. The normalized spacial score (nSPS) is 26.5. The highest BCUT2D eigenvalue weighted by molar-refractivity contribution is 5.91. The molecule has 2 aliphatic rings. The van der Waals surface area contributed by atoms with Crippen molar-refractivity contribution in [3.8, 4) is 0 Å². The molecule has 0 radical (unpaired) electrons. The van der Waals surface area contributed by atoms with Crippen LogP contribution in [0, 0.1) is 0 Å². The van der Waals surface area contributed by atoms with Crippen LogP contribution in [0.4, 0.5) is 13.2 Å². The summed E-state index contributed by atoms with van der Waals surface area (Å²) in [6.45, 7) is 0.550. The van der Waals surface area contributed by atoms with E-state index in [1.54, 1.807) is 0 Å². The number of carbonyl (C=O) groups is 1. The van der Waals surface area contributed by atoms with E-state index in [1.165, 1.54) is 6.07 Å². The van der Waals surface area contributed by atoms with Crippen LogP contribution in [0.2, 0.25) is 0 Å². The van der Waals surface area contributed by atoms with Gasteiger partial charge in [-0.25, -0.2) is 0 Å². The van der Waals surface area contributed by atoms with Crippen molar-refractivity contribution in [3.63, 3.8) is 0 Å². The zero-order chi connectivity index (χ0) is 13.0. The number of aryl methyl sites for hydroxylation is 1. The first kappa shape index (κ1) is 11.6. The molecular formula is C13H12F3NO. The summed E-state index contributed by atoms with van der Waals surface area (Å²) in [7, 11) is 0. The summed E-state index contributed by atoms with van der Waals surface area (Å²) in [6.07, 6.45) is -2.45. The molecule has 1 saturated heterocycles. The quantitative estimate of drug-likeness (QED) is 0.757. The standard InChI is InChI=1S/C13H12F3NO/c14-13(15,16)9-2-1-8-3-4-12(10(8)7-9)5-6-17-11(12)18/h1-2,7H,3-6H2,(H,17,18). The molecule has 0 bridgehead atoms. The molecular weight excluding hydrogens is 243 g/mol. The first-order chi connectivity index (χ1) is 8.43. The van der Waals surface area contributed by atoms with Gasteiger partial charge in [-0.1, -0.05) is 6.07 Å². The number of halogens is 3. The number of fused-ring (bicyclic) bond motifs is 2. The lowest BCUT2D eigenvalue weighted by Crippen LogP contribution is -2.33. The Morgan fingerprint density at radius 3 is 2.61 bits per heavy atom. The predicted octanol–water partition coefficient (Wildman–Crippen LogP) is 2.41. The first-order valence-electron chi connectivity index (χ1n) is 5.92. The fourth-order valence-corrected chi connectivity index (χ4v) is 3.07. The minimum Gasteiger partial charge on any atom is -0.355 e. The summed E-state index contributed by atoms with van der Waals surface area (Å²) >= 11 is 0. The summed E-state index contributed by atoms with van der Waals surface area (Å²) in [4.78, 5) is 11.9. The molecule has 3 rings (SSSR count). The van der Waals surface area contributed by atoms with Gasteiger partial charge in [0.15, 0.2) is 0 Å². The van der Waals surface area contributed by atoms with E-state index in [1.807, 2.05) is 0 Å². The van der Waals surface area contributed by atoms with E-state index in [-0.39, 0.29) is 5.91 Å². The maximum atomic E-state index is 12.7. The molecule has 5 heteroatoms. The number of amides is 1. The van der Waals surface area contributed by atoms with E-state index in [4.69, 9.17) is 0 Å². The van der Waals surface area contributed by atoms with Gasteiger partial charge in [-0.15, -0.1) is 0 Å². The average molecular weight is 255 g/mol. The zero-order valence-electron chi connectivity index (χ0n) is 9.60. The van der Waals surface area contributed by atoms with Gasteiger partial charge in [0.25, 0.3) is 0 Å². The second-order valence-electron chi connectivity index (χ2n) is 4.96. The molecule has 1 amide bonds. The van der Waals surface area contributed by atoms with Gasteiger partial charge in [0, 0.05) is 6.54 Å². The Hall–Kier alpha value is -1.52. The molecule has 1 aromatic rings. The lowest BCUT2D eigenvalue weighted by molar-refractivity contribution is -0.137. The topological polar surface area (TPSA) is 29.1 Å². The van der Waals surface area contributed by atoms with Gasteiger partial charge in [-0.2, -0.15) is 13.2 Å². The van der Waals surface area contributed by atoms with Crippen molar-refractivity contribution >= 4 is 5.91 Å². The van der Waals surface area contributed by atoms with Crippen molar-refractivity contribution in [2.45, 2.75) is 30.9 Å².